The molecule has 104 valence electrons. The highest BCUT2D eigenvalue weighted by molar-refractivity contribution is 5.94. The predicted octanol–water partition coefficient (Wildman–Crippen LogP) is 1.64. The number of aryl methyl sites for hydroxylation is 1. The molecule has 0 saturated heterocycles. The number of carbonyl (C=O) groups excluding carboxylic acids is 1. The minimum absolute atomic E-state index is 0.240. The van der Waals surface area contributed by atoms with Crippen LogP contribution in [0.3, 0.4) is 0 Å². The van der Waals surface area contributed by atoms with Crippen molar-refractivity contribution in [3.05, 3.63) is 46.5 Å². The number of nitrogens with one attached hydrogen (secondary N) is 3. The van der Waals surface area contributed by atoms with Gasteiger partial charge in [0.25, 0.3) is 5.91 Å². The summed E-state index contributed by atoms with van der Waals surface area (Å²) >= 11 is 0. The number of fused-ring (bicyclic) bond motifs is 1. The van der Waals surface area contributed by atoms with Gasteiger partial charge in [0.15, 0.2) is 5.69 Å². The first kappa shape index (κ1) is 12.6. The molecule has 0 fully saturated rings. The highest BCUT2D eigenvalue weighted by Crippen LogP contribution is 2.21. The number of hydrogen-bond donors (Lipinski definition) is 3. The lowest BCUT2D eigenvalue weighted by Crippen LogP contribution is -2.31. The van der Waals surface area contributed by atoms with Crippen LogP contribution in [0.25, 0.3) is 0 Å². The Bertz CT molecular complexity index is 648. The minimum atomic E-state index is -0.435. The van der Waals surface area contributed by atoms with E-state index in [1.54, 1.807) is 19.1 Å². The third kappa shape index (κ3) is 2.12. The van der Waals surface area contributed by atoms with Crippen LogP contribution in [0, 0.1) is 12.7 Å². The quantitative estimate of drug-likeness (QED) is 0.745. The third-order valence-corrected chi connectivity index (χ3v) is 3.18. The summed E-state index contributed by atoms with van der Waals surface area (Å²) in [6.45, 7) is 2.53. The fraction of sp³-hybridized carbons (Fsp3) is 0.231. The summed E-state index contributed by atoms with van der Waals surface area (Å²) in [5, 5.41) is 6.69. The summed E-state index contributed by atoms with van der Waals surface area (Å²) < 4.78 is 18.8. The number of hydrazine groups is 1. The minimum Gasteiger partial charge on any atom is -0.370 e. The number of benzene rings is 1. The van der Waals surface area contributed by atoms with Crippen molar-refractivity contribution in [2.24, 2.45) is 0 Å². The molecule has 3 N–H and O–H groups in total. The standard InChI is InChI=1S/C13H13FN4O2/c1-7-3-2-4-9(14)11(7)16-18-13(19)12-8-5-20-6-10(8)15-17-12/h2-4,16H,5-6H2,1H3,(H,15,17)(H,18,19). The van der Waals surface area contributed by atoms with Crippen molar-refractivity contribution >= 4 is 11.6 Å². The second-order valence-electron chi connectivity index (χ2n) is 4.53. The summed E-state index contributed by atoms with van der Waals surface area (Å²) in [6.07, 6.45) is 0. The van der Waals surface area contributed by atoms with E-state index in [0.717, 1.165) is 11.3 Å². The molecule has 1 aromatic heterocycles. The molecule has 0 aliphatic carbocycles. The van der Waals surface area contributed by atoms with Gasteiger partial charge in [0.2, 0.25) is 0 Å². The zero-order chi connectivity index (χ0) is 14.1. The van der Waals surface area contributed by atoms with E-state index in [4.69, 9.17) is 4.74 Å². The number of rotatable bonds is 3. The number of aromatic nitrogens is 2. The molecule has 20 heavy (non-hydrogen) atoms. The second kappa shape index (κ2) is 4.93. The number of H-pyrrole nitrogens is 1. The summed E-state index contributed by atoms with van der Waals surface area (Å²) in [6, 6.07) is 4.68. The van der Waals surface area contributed by atoms with Gasteiger partial charge in [-0.05, 0) is 18.6 Å². The van der Waals surface area contributed by atoms with Gasteiger partial charge in [0, 0.05) is 5.56 Å². The average Bonchev–Trinajstić information content (AvgIpc) is 3.00. The molecule has 6 nitrogen and oxygen atoms in total. The van der Waals surface area contributed by atoms with E-state index in [1.807, 2.05) is 0 Å². The highest BCUT2D eigenvalue weighted by Gasteiger charge is 2.23. The Labute approximate surface area is 114 Å². The van der Waals surface area contributed by atoms with Gasteiger partial charge < -0.3 is 4.74 Å². The van der Waals surface area contributed by atoms with Crippen LogP contribution in [0.1, 0.15) is 27.3 Å². The Kier molecular flexibility index (Phi) is 3.11. The van der Waals surface area contributed by atoms with Crippen LogP contribution in [-0.2, 0) is 18.0 Å². The zero-order valence-electron chi connectivity index (χ0n) is 10.8. The van der Waals surface area contributed by atoms with Gasteiger partial charge in [0.1, 0.15) is 5.82 Å². The predicted molar refractivity (Wildman–Crippen MR) is 69.3 cm³/mol. The molecule has 1 amide bonds. The van der Waals surface area contributed by atoms with E-state index >= 15 is 0 Å². The largest absolute Gasteiger partial charge is 0.370 e. The lowest BCUT2D eigenvalue weighted by atomic mass is 10.2. The lowest BCUT2D eigenvalue weighted by molar-refractivity contribution is 0.0949. The van der Waals surface area contributed by atoms with Gasteiger partial charge in [-0.3, -0.25) is 20.7 Å². The maximum Gasteiger partial charge on any atom is 0.290 e. The van der Waals surface area contributed by atoms with E-state index in [-0.39, 0.29) is 11.4 Å². The molecule has 3 rings (SSSR count). The molecule has 2 heterocycles. The van der Waals surface area contributed by atoms with Crippen molar-refractivity contribution in [3.63, 3.8) is 0 Å². The van der Waals surface area contributed by atoms with Gasteiger partial charge in [-0.25, -0.2) is 4.39 Å². The third-order valence-electron chi connectivity index (χ3n) is 3.18. The average molecular weight is 276 g/mol. The SMILES string of the molecule is Cc1cccc(F)c1NNC(=O)c1n[nH]c2c1COC2. The molecule has 2 aromatic rings. The van der Waals surface area contributed by atoms with Gasteiger partial charge >= 0.3 is 0 Å². The van der Waals surface area contributed by atoms with Crippen LogP contribution in [0.2, 0.25) is 0 Å². The Balaban J connectivity index is 1.74. The molecule has 1 aromatic carbocycles. The molecular formula is C13H13FN4O2. The van der Waals surface area contributed by atoms with E-state index in [9.17, 15) is 9.18 Å². The number of anilines is 1. The molecule has 7 heteroatoms. The summed E-state index contributed by atoms with van der Waals surface area (Å²) in [7, 11) is 0. The number of amides is 1. The topological polar surface area (TPSA) is 79.0 Å². The second-order valence-corrected chi connectivity index (χ2v) is 4.53. The first-order valence-corrected chi connectivity index (χ1v) is 6.12. The molecule has 1 aliphatic heterocycles. The van der Waals surface area contributed by atoms with E-state index in [1.165, 1.54) is 6.07 Å². The first-order chi connectivity index (χ1) is 9.66. The number of carbonyl (C=O) groups is 1. The van der Waals surface area contributed by atoms with Crippen molar-refractivity contribution in [2.45, 2.75) is 20.1 Å². The van der Waals surface area contributed by atoms with Crippen LogP contribution in [-0.4, -0.2) is 16.1 Å². The number of para-hydroxylation sites is 1. The van der Waals surface area contributed by atoms with Crippen LogP contribution < -0.4 is 10.9 Å². The van der Waals surface area contributed by atoms with Crippen molar-refractivity contribution in [3.8, 4) is 0 Å². The van der Waals surface area contributed by atoms with Crippen molar-refractivity contribution in [1.29, 1.82) is 0 Å². The molecular weight excluding hydrogens is 263 g/mol. The van der Waals surface area contributed by atoms with Crippen LogP contribution >= 0.6 is 0 Å². The fourth-order valence-corrected chi connectivity index (χ4v) is 2.09. The smallest absolute Gasteiger partial charge is 0.290 e. The molecule has 0 radical (unpaired) electrons. The van der Waals surface area contributed by atoms with E-state index in [0.29, 0.717) is 18.8 Å². The number of nitrogens with zero attached hydrogens (tertiary/aromatic N) is 1. The van der Waals surface area contributed by atoms with Crippen LogP contribution in [0.5, 0.6) is 0 Å². The zero-order valence-corrected chi connectivity index (χ0v) is 10.8. The van der Waals surface area contributed by atoms with E-state index < -0.39 is 11.7 Å². The van der Waals surface area contributed by atoms with Crippen molar-refractivity contribution in [2.75, 3.05) is 5.43 Å². The van der Waals surface area contributed by atoms with Crippen LogP contribution in [0.15, 0.2) is 18.2 Å². The Morgan fingerprint density at radius 2 is 2.30 bits per heavy atom. The number of hydrogen-bond acceptors (Lipinski definition) is 4. The fourth-order valence-electron chi connectivity index (χ4n) is 2.09. The Hall–Kier alpha value is -2.41. The number of aromatic amines is 1. The summed E-state index contributed by atoms with van der Waals surface area (Å²) in [4.78, 5) is 12.0. The van der Waals surface area contributed by atoms with Gasteiger partial charge in [-0.1, -0.05) is 12.1 Å². The first-order valence-electron chi connectivity index (χ1n) is 6.12. The van der Waals surface area contributed by atoms with Crippen molar-refractivity contribution in [1.82, 2.24) is 15.6 Å². The highest BCUT2D eigenvalue weighted by atomic mass is 19.1. The van der Waals surface area contributed by atoms with Crippen LogP contribution in [0.4, 0.5) is 10.1 Å². The molecule has 0 spiro atoms. The number of ether oxygens (including phenoxy) is 1. The number of halogens is 1. The lowest BCUT2D eigenvalue weighted by Gasteiger charge is -2.11. The molecule has 0 saturated carbocycles. The summed E-state index contributed by atoms with van der Waals surface area (Å²) in [5.74, 6) is -0.864. The van der Waals surface area contributed by atoms with E-state index in [2.05, 4.69) is 21.0 Å². The maximum absolute atomic E-state index is 13.6. The normalized spacial score (nSPS) is 13.1. The maximum atomic E-state index is 13.6. The Morgan fingerprint density at radius 3 is 3.10 bits per heavy atom. The Morgan fingerprint density at radius 1 is 1.45 bits per heavy atom. The molecule has 1 aliphatic rings. The van der Waals surface area contributed by atoms with Gasteiger partial charge in [-0.15, -0.1) is 0 Å². The monoisotopic (exact) mass is 276 g/mol. The molecule has 0 bridgehead atoms. The van der Waals surface area contributed by atoms with Gasteiger partial charge in [-0.2, -0.15) is 5.10 Å². The van der Waals surface area contributed by atoms with Gasteiger partial charge in [0.05, 0.1) is 24.6 Å². The van der Waals surface area contributed by atoms with Crippen molar-refractivity contribution < 1.29 is 13.9 Å². The molecule has 0 unspecified atom stereocenters. The molecule has 0 atom stereocenters. The summed E-state index contributed by atoms with van der Waals surface area (Å²) in [5.41, 5.74) is 7.78.